The maximum absolute atomic E-state index is 12.7. The summed E-state index contributed by atoms with van der Waals surface area (Å²) >= 11 is 14.0. The number of anilines is 1. The smallest absolute Gasteiger partial charge is 0.269 e. The summed E-state index contributed by atoms with van der Waals surface area (Å²) in [5.74, 6) is -0.182. The number of amides is 1. The lowest BCUT2D eigenvalue weighted by Gasteiger charge is -2.22. The van der Waals surface area contributed by atoms with E-state index in [0.29, 0.717) is 10.7 Å². The fourth-order valence-corrected chi connectivity index (χ4v) is 4.47. The number of thioether (sulfide) groups is 1. The van der Waals surface area contributed by atoms with E-state index in [2.05, 4.69) is 5.32 Å². The molecule has 2 atom stereocenters. The summed E-state index contributed by atoms with van der Waals surface area (Å²) in [5, 5.41) is 13.6. The van der Waals surface area contributed by atoms with Crippen molar-refractivity contribution in [1.29, 1.82) is 0 Å². The minimum atomic E-state index is -0.445. The first kappa shape index (κ1) is 22.2. The number of carbonyl (C=O) groups is 1. The largest absolute Gasteiger partial charge is 0.326 e. The Bertz CT molecular complexity index is 999. The lowest BCUT2D eigenvalue weighted by atomic mass is 10.1. The average Bonchev–Trinajstić information content (AvgIpc) is 2.75. The van der Waals surface area contributed by atoms with Gasteiger partial charge < -0.3 is 5.32 Å². The van der Waals surface area contributed by atoms with Gasteiger partial charge in [-0.1, -0.05) is 41.9 Å². The molecule has 8 heteroatoms. The number of nitro benzene ring substituents is 1. The first-order valence-corrected chi connectivity index (χ1v) is 10.8. The second-order valence-electron chi connectivity index (χ2n) is 6.48. The van der Waals surface area contributed by atoms with Crippen LogP contribution in [0.5, 0.6) is 0 Å². The maximum atomic E-state index is 12.7. The zero-order valence-electron chi connectivity index (χ0n) is 15.7. The van der Waals surface area contributed by atoms with Crippen LogP contribution < -0.4 is 5.32 Å². The van der Waals surface area contributed by atoms with Crippen molar-refractivity contribution in [2.24, 2.45) is 0 Å². The highest BCUT2D eigenvalue weighted by atomic mass is 35.5. The molecular formula is C22H18Cl2N2O3S. The first-order chi connectivity index (χ1) is 14.4. The molecule has 1 N–H and O–H groups in total. The van der Waals surface area contributed by atoms with Gasteiger partial charge in [-0.3, -0.25) is 14.9 Å². The number of benzene rings is 3. The van der Waals surface area contributed by atoms with Crippen molar-refractivity contribution in [3.8, 4) is 0 Å². The van der Waals surface area contributed by atoms with E-state index < -0.39 is 10.3 Å². The quantitative estimate of drug-likeness (QED) is 0.175. The number of alkyl halides is 1. The second-order valence-corrected chi connectivity index (χ2v) is 8.70. The standard InChI is InChI=1S/C22H18Cl2N2O3S/c23-16-6-8-17(9-7-16)25-21(27)14-20(22(24)15-4-2-1-3-5-15)30-19-12-10-18(11-13-19)26(28)29/h1-13,20,22H,14H2,(H,25,27). The van der Waals surface area contributed by atoms with E-state index in [1.54, 1.807) is 36.4 Å². The van der Waals surface area contributed by atoms with Crippen LogP contribution in [0.15, 0.2) is 83.8 Å². The van der Waals surface area contributed by atoms with Crippen LogP contribution in [0.4, 0.5) is 11.4 Å². The number of non-ortho nitro benzene ring substituents is 1. The normalized spacial score (nSPS) is 12.7. The van der Waals surface area contributed by atoms with Gasteiger partial charge in [-0.05, 0) is 42.0 Å². The van der Waals surface area contributed by atoms with Gasteiger partial charge in [-0.15, -0.1) is 23.4 Å². The summed E-state index contributed by atoms with van der Waals surface area (Å²) in [6, 6.07) is 22.6. The monoisotopic (exact) mass is 460 g/mol. The highest BCUT2D eigenvalue weighted by Gasteiger charge is 2.25. The molecule has 0 radical (unpaired) electrons. The zero-order chi connectivity index (χ0) is 21.5. The van der Waals surface area contributed by atoms with E-state index in [4.69, 9.17) is 23.2 Å². The highest BCUT2D eigenvalue weighted by molar-refractivity contribution is 8.00. The van der Waals surface area contributed by atoms with Crippen LogP contribution in [0, 0.1) is 10.1 Å². The minimum Gasteiger partial charge on any atom is -0.326 e. The molecule has 0 aliphatic rings. The van der Waals surface area contributed by atoms with E-state index in [1.165, 1.54) is 23.9 Å². The summed E-state index contributed by atoms with van der Waals surface area (Å²) in [6.45, 7) is 0. The van der Waals surface area contributed by atoms with E-state index >= 15 is 0 Å². The van der Waals surface area contributed by atoms with Gasteiger partial charge in [0.25, 0.3) is 5.69 Å². The lowest BCUT2D eigenvalue weighted by Crippen LogP contribution is -2.21. The van der Waals surface area contributed by atoms with Crippen LogP contribution in [-0.4, -0.2) is 16.1 Å². The topological polar surface area (TPSA) is 72.2 Å². The number of nitrogens with one attached hydrogen (secondary N) is 1. The Balaban J connectivity index is 1.76. The molecule has 0 spiro atoms. The lowest BCUT2D eigenvalue weighted by molar-refractivity contribution is -0.384. The van der Waals surface area contributed by atoms with Crippen molar-refractivity contribution in [2.45, 2.75) is 21.9 Å². The Kier molecular flexibility index (Phi) is 7.74. The number of carbonyl (C=O) groups excluding carboxylic acids is 1. The molecule has 1 amide bonds. The number of nitrogens with zero attached hydrogens (tertiary/aromatic N) is 1. The van der Waals surface area contributed by atoms with Gasteiger partial charge in [0.1, 0.15) is 0 Å². The van der Waals surface area contributed by atoms with Crippen LogP contribution in [0.3, 0.4) is 0 Å². The second kappa shape index (κ2) is 10.5. The molecule has 0 heterocycles. The molecule has 3 aromatic carbocycles. The molecule has 3 rings (SSSR count). The van der Waals surface area contributed by atoms with Crippen LogP contribution in [0.25, 0.3) is 0 Å². The number of hydrogen-bond donors (Lipinski definition) is 1. The minimum absolute atomic E-state index is 0.0156. The number of hydrogen-bond acceptors (Lipinski definition) is 4. The van der Waals surface area contributed by atoms with Gasteiger partial charge in [0, 0.05) is 39.4 Å². The molecule has 0 aromatic heterocycles. The van der Waals surface area contributed by atoms with Crippen LogP contribution in [0.1, 0.15) is 17.4 Å². The highest BCUT2D eigenvalue weighted by Crippen LogP contribution is 2.39. The summed E-state index contributed by atoms with van der Waals surface area (Å²) < 4.78 is 0. The van der Waals surface area contributed by atoms with Gasteiger partial charge in [0.15, 0.2) is 0 Å². The maximum Gasteiger partial charge on any atom is 0.269 e. The SMILES string of the molecule is O=C(CC(Sc1ccc([N+](=O)[O-])cc1)C(Cl)c1ccccc1)Nc1ccc(Cl)cc1. The van der Waals surface area contributed by atoms with Crippen molar-refractivity contribution < 1.29 is 9.72 Å². The third-order valence-corrected chi connectivity index (χ3v) is 6.54. The van der Waals surface area contributed by atoms with Crippen molar-refractivity contribution in [1.82, 2.24) is 0 Å². The summed E-state index contributed by atoms with van der Waals surface area (Å²) in [7, 11) is 0. The summed E-state index contributed by atoms with van der Waals surface area (Å²) in [5.41, 5.74) is 1.56. The molecule has 0 aliphatic heterocycles. The molecule has 2 unspecified atom stereocenters. The van der Waals surface area contributed by atoms with Crippen LogP contribution in [0.2, 0.25) is 5.02 Å². The Morgan fingerprint density at radius 3 is 2.23 bits per heavy atom. The predicted octanol–water partition coefficient (Wildman–Crippen LogP) is 6.72. The summed E-state index contributed by atoms with van der Waals surface area (Å²) in [4.78, 5) is 23.9. The van der Waals surface area contributed by atoms with E-state index in [9.17, 15) is 14.9 Å². The molecule has 0 bridgehead atoms. The molecule has 30 heavy (non-hydrogen) atoms. The average molecular weight is 461 g/mol. The third kappa shape index (κ3) is 6.23. The molecule has 5 nitrogen and oxygen atoms in total. The fourth-order valence-electron chi connectivity index (χ4n) is 2.81. The summed E-state index contributed by atoms with van der Waals surface area (Å²) in [6.07, 6.45) is 0.160. The van der Waals surface area contributed by atoms with Crippen molar-refractivity contribution in [2.75, 3.05) is 5.32 Å². The van der Waals surface area contributed by atoms with Crippen molar-refractivity contribution in [3.63, 3.8) is 0 Å². The van der Waals surface area contributed by atoms with E-state index in [1.807, 2.05) is 30.3 Å². The molecule has 3 aromatic rings. The number of nitro groups is 1. The van der Waals surface area contributed by atoms with Gasteiger partial charge in [-0.2, -0.15) is 0 Å². The molecule has 0 fully saturated rings. The Hall–Kier alpha value is -2.54. The van der Waals surface area contributed by atoms with E-state index in [-0.39, 0.29) is 23.3 Å². The Morgan fingerprint density at radius 2 is 1.63 bits per heavy atom. The third-order valence-electron chi connectivity index (χ3n) is 4.29. The molecular weight excluding hydrogens is 443 g/mol. The van der Waals surface area contributed by atoms with Gasteiger partial charge in [0.2, 0.25) is 5.91 Å². The van der Waals surface area contributed by atoms with Gasteiger partial charge in [0.05, 0.1) is 10.3 Å². The zero-order valence-corrected chi connectivity index (χ0v) is 18.0. The molecule has 0 saturated carbocycles. The molecule has 154 valence electrons. The molecule has 0 saturated heterocycles. The van der Waals surface area contributed by atoms with E-state index in [0.717, 1.165) is 10.5 Å². The van der Waals surface area contributed by atoms with Crippen molar-refractivity contribution >= 4 is 52.2 Å². The Labute approximate surface area is 188 Å². The van der Waals surface area contributed by atoms with Crippen LogP contribution in [-0.2, 0) is 4.79 Å². The first-order valence-electron chi connectivity index (χ1n) is 9.08. The Morgan fingerprint density at radius 1 is 1.00 bits per heavy atom. The van der Waals surface area contributed by atoms with Crippen molar-refractivity contribution in [3.05, 3.63) is 99.6 Å². The molecule has 0 aliphatic carbocycles. The predicted molar refractivity (Wildman–Crippen MR) is 122 cm³/mol. The number of halogens is 2. The fraction of sp³-hybridized carbons (Fsp3) is 0.136. The van der Waals surface area contributed by atoms with Gasteiger partial charge in [-0.25, -0.2) is 0 Å². The number of rotatable bonds is 8. The van der Waals surface area contributed by atoms with Gasteiger partial charge >= 0.3 is 0 Å². The van der Waals surface area contributed by atoms with Crippen LogP contribution >= 0.6 is 35.0 Å².